The monoisotopic (exact) mass is 338 g/mol. The van der Waals surface area contributed by atoms with Crippen molar-refractivity contribution < 1.29 is 15.0 Å². The first-order chi connectivity index (χ1) is 9.06. The second-order valence-corrected chi connectivity index (χ2v) is 5.84. The van der Waals surface area contributed by atoms with Crippen LogP contribution in [-0.4, -0.2) is 21.7 Å². The minimum absolute atomic E-state index is 0.0970. The zero-order chi connectivity index (χ0) is 13.8. The zero-order valence-electron chi connectivity index (χ0n) is 9.84. The van der Waals surface area contributed by atoms with Gasteiger partial charge in [-0.1, -0.05) is 22.0 Å². The standard InChI is InChI=1S/C14H11BrO3S/c15-10-2-1-3-11(7-10)19-8-14(18)9-4-5-12(16)13(17)6-9/h1-7,16-17H,8H2. The number of aromatic hydroxyl groups is 2. The summed E-state index contributed by atoms with van der Waals surface area (Å²) in [5, 5.41) is 18.5. The van der Waals surface area contributed by atoms with Crippen molar-refractivity contribution in [3.8, 4) is 11.5 Å². The molecule has 0 heterocycles. The highest BCUT2D eigenvalue weighted by Crippen LogP contribution is 2.27. The van der Waals surface area contributed by atoms with Gasteiger partial charge in [0.25, 0.3) is 0 Å². The molecule has 0 atom stereocenters. The molecule has 0 aromatic heterocycles. The Bertz CT molecular complexity index is 613. The van der Waals surface area contributed by atoms with Gasteiger partial charge in [0, 0.05) is 14.9 Å². The lowest BCUT2D eigenvalue weighted by Gasteiger charge is -2.04. The second kappa shape index (κ2) is 6.12. The zero-order valence-corrected chi connectivity index (χ0v) is 12.2. The molecule has 0 fully saturated rings. The average molecular weight is 339 g/mol. The number of carbonyl (C=O) groups is 1. The summed E-state index contributed by atoms with van der Waals surface area (Å²) in [4.78, 5) is 12.9. The van der Waals surface area contributed by atoms with Crippen LogP contribution in [0.1, 0.15) is 10.4 Å². The van der Waals surface area contributed by atoms with Gasteiger partial charge in [0.2, 0.25) is 0 Å². The molecule has 5 heteroatoms. The number of Topliss-reactive ketones (excluding diaryl/α,β-unsaturated/α-hetero) is 1. The molecule has 0 saturated heterocycles. The smallest absolute Gasteiger partial charge is 0.173 e. The number of hydrogen-bond donors (Lipinski definition) is 2. The van der Waals surface area contributed by atoms with Gasteiger partial charge in [0.1, 0.15) is 0 Å². The Morgan fingerprint density at radius 1 is 1.11 bits per heavy atom. The maximum absolute atomic E-state index is 11.9. The van der Waals surface area contributed by atoms with E-state index in [4.69, 9.17) is 0 Å². The fourth-order valence-corrected chi connectivity index (χ4v) is 2.89. The SMILES string of the molecule is O=C(CSc1cccc(Br)c1)c1ccc(O)c(O)c1. The van der Waals surface area contributed by atoms with Gasteiger partial charge in [-0.3, -0.25) is 4.79 Å². The Morgan fingerprint density at radius 3 is 2.58 bits per heavy atom. The number of hydrogen-bond acceptors (Lipinski definition) is 4. The van der Waals surface area contributed by atoms with Crippen LogP contribution in [-0.2, 0) is 0 Å². The molecule has 0 saturated carbocycles. The lowest BCUT2D eigenvalue weighted by molar-refractivity contribution is 0.102. The summed E-state index contributed by atoms with van der Waals surface area (Å²) in [5.74, 6) is -0.324. The molecule has 0 radical (unpaired) electrons. The molecular weight excluding hydrogens is 328 g/mol. The second-order valence-electron chi connectivity index (χ2n) is 3.87. The molecule has 2 N–H and O–H groups in total. The number of halogens is 1. The van der Waals surface area contributed by atoms with Crippen LogP contribution in [0.3, 0.4) is 0 Å². The molecule has 0 bridgehead atoms. The van der Waals surface area contributed by atoms with Gasteiger partial charge >= 0.3 is 0 Å². The summed E-state index contributed by atoms with van der Waals surface area (Å²) < 4.78 is 0.965. The molecule has 2 aromatic rings. The molecule has 0 amide bonds. The summed E-state index contributed by atoms with van der Waals surface area (Å²) in [7, 11) is 0. The Labute approximate surface area is 123 Å². The van der Waals surface area contributed by atoms with E-state index in [-0.39, 0.29) is 23.0 Å². The van der Waals surface area contributed by atoms with E-state index in [0.717, 1.165) is 9.37 Å². The van der Waals surface area contributed by atoms with Gasteiger partial charge < -0.3 is 10.2 Å². The van der Waals surface area contributed by atoms with Crippen molar-refractivity contribution >= 4 is 33.5 Å². The number of phenols is 2. The van der Waals surface area contributed by atoms with E-state index < -0.39 is 0 Å². The van der Waals surface area contributed by atoms with E-state index in [9.17, 15) is 15.0 Å². The maximum Gasteiger partial charge on any atom is 0.173 e. The van der Waals surface area contributed by atoms with Gasteiger partial charge in [0.05, 0.1) is 5.75 Å². The number of ketones is 1. The lowest BCUT2D eigenvalue weighted by atomic mass is 10.1. The Kier molecular flexibility index (Phi) is 4.50. The minimum atomic E-state index is -0.279. The number of benzene rings is 2. The summed E-state index contributed by atoms with van der Waals surface area (Å²) in [6, 6.07) is 11.8. The first kappa shape index (κ1) is 14.0. The van der Waals surface area contributed by atoms with E-state index in [1.807, 2.05) is 24.3 Å². The van der Waals surface area contributed by atoms with Crippen molar-refractivity contribution in [2.75, 3.05) is 5.75 Å². The first-order valence-electron chi connectivity index (χ1n) is 5.50. The predicted octanol–water partition coefficient (Wildman–Crippen LogP) is 3.84. The Balaban J connectivity index is 2.03. The van der Waals surface area contributed by atoms with E-state index in [0.29, 0.717) is 5.56 Å². The first-order valence-corrected chi connectivity index (χ1v) is 7.27. The molecule has 0 aliphatic carbocycles. The summed E-state index contributed by atoms with van der Waals surface area (Å²) in [6.07, 6.45) is 0. The predicted molar refractivity (Wildman–Crippen MR) is 79.0 cm³/mol. The van der Waals surface area contributed by atoms with Crippen LogP contribution < -0.4 is 0 Å². The van der Waals surface area contributed by atoms with Gasteiger partial charge in [0.15, 0.2) is 17.3 Å². The Hall–Kier alpha value is -1.46. The molecule has 0 unspecified atom stereocenters. The van der Waals surface area contributed by atoms with Crippen molar-refractivity contribution in [2.45, 2.75) is 4.90 Å². The molecule has 0 aliphatic rings. The largest absolute Gasteiger partial charge is 0.504 e. The van der Waals surface area contributed by atoms with Crippen LogP contribution in [0, 0.1) is 0 Å². The molecule has 3 nitrogen and oxygen atoms in total. The van der Waals surface area contributed by atoms with Crippen molar-refractivity contribution in [3.63, 3.8) is 0 Å². The third-order valence-corrected chi connectivity index (χ3v) is 3.95. The van der Waals surface area contributed by atoms with Crippen molar-refractivity contribution in [1.82, 2.24) is 0 Å². The summed E-state index contributed by atoms with van der Waals surface area (Å²) in [6.45, 7) is 0. The van der Waals surface area contributed by atoms with Gasteiger partial charge in [-0.2, -0.15) is 0 Å². The van der Waals surface area contributed by atoms with E-state index in [2.05, 4.69) is 15.9 Å². The van der Waals surface area contributed by atoms with Crippen LogP contribution in [0.4, 0.5) is 0 Å². The minimum Gasteiger partial charge on any atom is -0.504 e. The molecule has 2 rings (SSSR count). The molecule has 2 aromatic carbocycles. The highest BCUT2D eigenvalue weighted by molar-refractivity contribution is 9.10. The van der Waals surface area contributed by atoms with Crippen LogP contribution in [0.5, 0.6) is 11.5 Å². The van der Waals surface area contributed by atoms with E-state index >= 15 is 0 Å². The molecular formula is C14H11BrO3S. The van der Waals surface area contributed by atoms with Crippen LogP contribution in [0.15, 0.2) is 51.8 Å². The summed E-state index contributed by atoms with van der Waals surface area (Å²) in [5.41, 5.74) is 0.387. The number of phenolic OH excluding ortho intramolecular Hbond substituents is 2. The van der Waals surface area contributed by atoms with Gasteiger partial charge in [-0.25, -0.2) is 0 Å². The maximum atomic E-state index is 11.9. The van der Waals surface area contributed by atoms with Crippen molar-refractivity contribution in [1.29, 1.82) is 0 Å². The van der Waals surface area contributed by atoms with E-state index in [1.54, 1.807) is 0 Å². The molecule has 0 spiro atoms. The fourth-order valence-electron chi connectivity index (χ4n) is 1.49. The third-order valence-electron chi connectivity index (χ3n) is 2.46. The van der Waals surface area contributed by atoms with E-state index in [1.165, 1.54) is 30.0 Å². The van der Waals surface area contributed by atoms with Crippen molar-refractivity contribution in [2.24, 2.45) is 0 Å². The molecule has 19 heavy (non-hydrogen) atoms. The van der Waals surface area contributed by atoms with Gasteiger partial charge in [-0.15, -0.1) is 11.8 Å². The fraction of sp³-hybridized carbons (Fsp3) is 0.0714. The molecule has 98 valence electrons. The highest BCUT2D eigenvalue weighted by atomic mass is 79.9. The van der Waals surface area contributed by atoms with Gasteiger partial charge in [-0.05, 0) is 36.4 Å². The van der Waals surface area contributed by atoms with Crippen LogP contribution in [0.2, 0.25) is 0 Å². The van der Waals surface area contributed by atoms with Crippen LogP contribution in [0.25, 0.3) is 0 Å². The van der Waals surface area contributed by atoms with Crippen molar-refractivity contribution in [3.05, 3.63) is 52.5 Å². The quantitative estimate of drug-likeness (QED) is 0.505. The summed E-state index contributed by atoms with van der Waals surface area (Å²) >= 11 is 4.80. The average Bonchev–Trinajstić information content (AvgIpc) is 2.39. The lowest BCUT2D eigenvalue weighted by Crippen LogP contribution is -2.01. The topological polar surface area (TPSA) is 57.5 Å². The number of rotatable bonds is 4. The van der Waals surface area contributed by atoms with Crippen LogP contribution >= 0.6 is 27.7 Å². The number of thioether (sulfide) groups is 1. The number of carbonyl (C=O) groups excluding carboxylic acids is 1. The third kappa shape index (κ3) is 3.75. The normalized spacial score (nSPS) is 10.4. The molecule has 0 aliphatic heterocycles. The highest BCUT2D eigenvalue weighted by Gasteiger charge is 2.09. The Morgan fingerprint density at radius 2 is 1.89 bits per heavy atom.